The average molecular weight is 1620 g/mol. The lowest BCUT2D eigenvalue weighted by molar-refractivity contribution is 1.07. The summed E-state index contributed by atoms with van der Waals surface area (Å²) < 4.78 is 9.78. The molecule has 24 rings (SSSR count). The molecule has 10 heteroatoms. The molecule has 0 unspecified atom stereocenters. The van der Waals surface area contributed by atoms with Gasteiger partial charge in [-0.3, -0.25) is 0 Å². The molecule has 0 fully saturated rings. The van der Waals surface area contributed by atoms with Gasteiger partial charge in [-0.05, 0) is 140 Å². The van der Waals surface area contributed by atoms with Gasteiger partial charge >= 0.3 is 0 Å². The fourth-order valence-corrected chi connectivity index (χ4v) is 20.5. The van der Waals surface area contributed by atoms with Gasteiger partial charge in [0, 0.05) is 112 Å². The van der Waals surface area contributed by atoms with Crippen LogP contribution in [0.25, 0.3) is 230 Å². The summed E-state index contributed by atoms with van der Waals surface area (Å²) in [7, 11) is 0. The van der Waals surface area contributed by atoms with E-state index in [2.05, 4.69) is 373 Å². The summed E-state index contributed by atoms with van der Waals surface area (Å²) in [5, 5.41) is 10.1. The van der Waals surface area contributed by atoms with Crippen molar-refractivity contribution in [2.45, 2.75) is 0 Å². The minimum absolute atomic E-state index is 0.623. The van der Waals surface area contributed by atoms with Crippen molar-refractivity contribution in [3.05, 3.63) is 437 Å². The van der Waals surface area contributed by atoms with Crippen LogP contribution in [0.5, 0.6) is 0 Å². The first-order chi connectivity index (χ1) is 61.5. The topological polar surface area (TPSA) is 87.2 Å². The zero-order chi connectivity index (χ0) is 82.0. The van der Waals surface area contributed by atoms with Crippen LogP contribution in [-0.4, -0.2) is 39.0 Å². The Balaban J connectivity index is 0.000000143. The van der Waals surface area contributed by atoms with E-state index < -0.39 is 0 Å². The van der Waals surface area contributed by atoms with Gasteiger partial charge < -0.3 is 9.13 Å². The molecule has 18 aromatic carbocycles. The summed E-state index contributed by atoms with van der Waals surface area (Å²) in [5.41, 5.74) is 26.3. The van der Waals surface area contributed by atoms with Gasteiger partial charge in [0.2, 0.25) is 0 Å². The fourth-order valence-electron chi connectivity index (χ4n) is 18.1. The Kier molecular flexibility index (Phi) is 18.5. The monoisotopic (exact) mass is 1620 g/mol. The van der Waals surface area contributed by atoms with Crippen LogP contribution in [0.3, 0.4) is 0 Å². The molecule has 8 nitrogen and oxygen atoms in total. The molecule has 6 heterocycles. The molecule has 0 amide bonds. The zero-order valence-electron chi connectivity index (χ0n) is 67.0. The van der Waals surface area contributed by atoms with Crippen molar-refractivity contribution < 1.29 is 0 Å². The van der Waals surface area contributed by atoms with Crippen LogP contribution in [0.1, 0.15) is 0 Å². The second-order valence-electron chi connectivity index (χ2n) is 31.1. The van der Waals surface area contributed by atoms with E-state index in [4.69, 9.17) is 29.9 Å². The molecule has 0 N–H and O–H groups in total. The summed E-state index contributed by atoms with van der Waals surface area (Å²) in [6.45, 7) is 0. The van der Waals surface area contributed by atoms with E-state index in [9.17, 15) is 0 Å². The molecule has 0 aliphatic carbocycles. The van der Waals surface area contributed by atoms with E-state index >= 15 is 0 Å². The first-order valence-electron chi connectivity index (χ1n) is 41.7. The summed E-state index contributed by atoms with van der Waals surface area (Å²) in [6.07, 6.45) is 0. The lowest BCUT2D eigenvalue weighted by Crippen LogP contribution is -2.01. The number of fused-ring (bicyclic) bond motifs is 14. The van der Waals surface area contributed by atoms with Crippen molar-refractivity contribution in [3.8, 4) is 146 Å². The van der Waals surface area contributed by atoms with Crippen molar-refractivity contribution >= 4 is 107 Å². The summed E-state index contributed by atoms with van der Waals surface area (Å²) in [5.74, 6) is 3.78. The first kappa shape index (κ1) is 73.2. The molecule has 6 aromatic heterocycles. The van der Waals surface area contributed by atoms with Crippen molar-refractivity contribution in [2.75, 3.05) is 0 Å². The Hall–Kier alpha value is -16.0. The molecule has 0 aliphatic heterocycles. The number of aromatic nitrogens is 8. The van der Waals surface area contributed by atoms with Gasteiger partial charge in [-0.25, -0.2) is 29.9 Å². The number of nitrogens with zero attached hydrogens (tertiary/aromatic N) is 8. The highest BCUT2D eigenvalue weighted by molar-refractivity contribution is 7.26. The maximum atomic E-state index is 5.31. The highest BCUT2D eigenvalue weighted by Crippen LogP contribution is 2.51. The fraction of sp³-hybridized carbons (Fsp3) is 0. The molecular formula is C114H72N8S2. The van der Waals surface area contributed by atoms with Gasteiger partial charge in [-0.2, -0.15) is 0 Å². The van der Waals surface area contributed by atoms with E-state index in [0.29, 0.717) is 34.9 Å². The van der Waals surface area contributed by atoms with E-state index in [-0.39, 0.29) is 0 Å². The molecule has 0 aliphatic rings. The standard InChI is InChI=1S/2C57H36N4S/c1-5-18-37(19-6-1)42-26-13-14-27-43(42)40-32-33-44(48(36-40)57-59-55(38-20-7-2-8-21-38)58-56(60-57)39-22-9-3-10-23-39)45-29-17-30-47-53-51(62-54(45)47)35-34-50-52(53)46-28-15-16-31-49(46)61(50)41-24-11-4-12-25-41;1-5-17-37(18-6-1)43-25-13-14-26-44(43)40-29-31-45(48(35-40)57-59-55(38-19-7-2-8-20-38)58-56(60-57)39-21-9-3-10-22-39)41-30-32-47-52(36-41)62-51-34-33-50-53(54(47)51)46-27-15-16-28-49(46)61(50)42-23-11-4-12-24-42/h2*1-36H. The third-order valence-corrected chi connectivity index (χ3v) is 26.1. The van der Waals surface area contributed by atoms with Gasteiger partial charge in [-0.15, -0.1) is 22.7 Å². The highest BCUT2D eigenvalue weighted by atomic mass is 32.1. The van der Waals surface area contributed by atoms with Crippen LogP contribution in [0.15, 0.2) is 437 Å². The van der Waals surface area contributed by atoms with Gasteiger partial charge in [0.25, 0.3) is 0 Å². The number of rotatable bonds is 14. The molecule has 0 saturated carbocycles. The Bertz CT molecular complexity index is 8080. The highest BCUT2D eigenvalue weighted by Gasteiger charge is 2.26. The summed E-state index contributed by atoms with van der Waals surface area (Å²) in [6, 6.07) is 155. The molecule has 24 aromatic rings. The number of thiophene rings is 2. The van der Waals surface area contributed by atoms with Crippen molar-refractivity contribution in [1.29, 1.82) is 0 Å². The van der Waals surface area contributed by atoms with Crippen molar-refractivity contribution in [3.63, 3.8) is 0 Å². The average Bonchev–Trinajstić information content (AvgIpc) is 1.56. The van der Waals surface area contributed by atoms with E-state index in [1.54, 1.807) is 0 Å². The molecule has 0 radical (unpaired) electrons. The Morgan fingerprint density at radius 2 is 0.476 bits per heavy atom. The molecule has 0 saturated heterocycles. The van der Waals surface area contributed by atoms with Gasteiger partial charge in [0.1, 0.15) is 0 Å². The maximum absolute atomic E-state index is 5.31. The SMILES string of the molecule is c1ccc(-c2nc(-c3ccccc3)nc(-c3cc(-c4ccccc4-c4ccccc4)ccc3-c3ccc4c(c3)sc3ccc5c(c6ccccc6n5-c5ccccc5)c34)n2)cc1.c1ccc(-c2nc(-c3ccccc3)nc(-c3cc(-c4ccccc4-c4ccccc4)ccc3-c3cccc4c3sc3ccc5c(c6ccccc6n5-c5ccccc5)c34)n2)cc1. The van der Waals surface area contributed by atoms with Crippen LogP contribution in [0.2, 0.25) is 0 Å². The molecule has 0 spiro atoms. The lowest BCUT2D eigenvalue weighted by Gasteiger charge is -2.16. The van der Waals surface area contributed by atoms with Crippen LogP contribution in [0.4, 0.5) is 0 Å². The van der Waals surface area contributed by atoms with Gasteiger partial charge in [0.15, 0.2) is 34.9 Å². The Morgan fingerprint density at radius 3 is 0.919 bits per heavy atom. The molecule has 0 bridgehead atoms. The van der Waals surface area contributed by atoms with Crippen molar-refractivity contribution in [1.82, 2.24) is 39.0 Å². The number of para-hydroxylation sites is 4. The second-order valence-corrected chi connectivity index (χ2v) is 33.2. The smallest absolute Gasteiger partial charge is 0.164 e. The van der Waals surface area contributed by atoms with Crippen LogP contribution < -0.4 is 0 Å². The molecular weight excluding hydrogens is 1550 g/mol. The largest absolute Gasteiger partial charge is 0.309 e. The van der Waals surface area contributed by atoms with E-state index in [1.807, 2.05) is 95.5 Å². The summed E-state index contributed by atoms with van der Waals surface area (Å²) in [4.78, 5) is 31.3. The van der Waals surface area contributed by atoms with E-state index in [0.717, 1.165) is 89.3 Å². The second kappa shape index (κ2) is 31.3. The minimum Gasteiger partial charge on any atom is -0.309 e. The quantitative estimate of drug-likeness (QED) is 0.108. The van der Waals surface area contributed by atoms with Gasteiger partial charge in [-0.1, -0.05) is 358 Å². The Morgan fingerprint density at radius 1 is 0.161 bits per heavy atom. The van der Waals surface area contributed by atoms with Crippen molar-refractivity contribution in [2.24, 2.45) is 0 Å². The van der Waals surface area contributed by atoms with Gasteiger partial charge in [0.05, 0.1) is 22.1 Å². The predicted molar refractivity (Wildman–Crippen MR) is 519 cm³/mol. The van der Waals surface area contributed by atoms with E-state index in [1.165, 1.54) is 106 Å². The van der Waals surface area contributed by atoms with Crippen LogP contribution in [-0.2, 0) is 0 Å². The number of hydrogen-bond donors (Lipinski definition) is 0. The zero-order valence-corrected chi connectivity index (χ0v) is 68.6. The summed E-state index contributed by atoms with van der Waals surface area (Å²) >= 11 is 3.70. The third kappa shape index (κ3) is 13.1. The maximum Gasteiger partial charge on any atom is 0.164 e. The number of hydrogen-bond acceptors (Lipinski definition) is 8. The molecule has 124 heavy (non-hydrogen) atoms. The minimum atomic E-state index is 0.623. The predicted octanol–water partition coefficient (Wildman–Crippen LogP) is 30.7. The molecule has 580 valence electrons. The normalized spacial score (nSPS) is 11.5. The number of benzene rings is 18. The Labute approximate surface area is 723 Å². The lowest BCUT2D eigenvalue weighted by atomic mass is 9.90. The van der Waals surface area contributed by atoms with Crippen LogP contribution in [0, 0.1) is 0 Å². The third-order valence-electron chi connectivity index (χ3n) is 23.8. The first-order valence-corrected chi connectivity index (χ1v) is 43.3. The molecule has 0 atom stereocenters. The van der Waals surface area contributed by atoms with Crippen LogP contribution >= 0.6 is 22.7 Å².